The molecule has 19 nitrogen and oxygen atoms in total. The van der Waals surface area contributed by atoms with E-state index in [1.165, 1.54) is 12.1 Å². The third kappa shape index (κ3) is 18.5. The molecule has 334 valence electrons. The molecule has 0 radical (unpaired) electrons. The highest BCUT2D eigenvalue weighted by molar-refractivity contribution is 5.96. The Morgan fingerprint density at radius 2 is 1.06 bits per heavy atom. The molecule has 0 aliphatic carbocycles. The number of aliphatic imine (C=N–C) groups is 1. The Bertz CT molecular complexity index is 1960. The molecule has 3 rings (SSSR count). The monoisotopic (exact) mass is 858 g/mol. The average molecular weight is 859 g/mol. The van der Waals surface area contributed by atoms with E-state index in [1.807, 2.05) is 6.92 Å². The molecule has 0 bridgehead atoms. The lowest BCUT2D eigenvalue weighted by atomic mass is 10.0. The SMILES string of the molecule is CCCC[C@H](NC(=O)[C@H](Cc1ccccc1)NC(=O)CNC(=O)CNC(=O)[C@@H](N)Cc1ccc(O)cc1)C(=O)N[C@@H](CCCN=C(N)N)C(=O)N[C@@H](Cc1ccccc1)C(=O)O. The van der Waals surface area contributed by atoms with Crippen LogP contribution in [0.4, 0.5) is 0 Å². The Balaban J connectivity index is 1.69. The Labute approximate surface area is 360 Å². The molecule has 3 aromatic carbocycles. The summed E-state index contributed by atoms with van der Waals surface area (Å²) in [5.74, 6) is -5.62. The molecule has 0 heterocycles. The second-order valence-electron chi connectivity index (χ2n) is 14.6. The van der Waals surface area contributed by atoms with Crippen LogP contribution in [-0.2, 0) is 52.8 Å². The number of hydrogen-bond donors (Lipinski definition) is 11. The van der Waals surface area contributed by atoms with E-state index < -0.39 is 84.7 Å². The van der Waals surface area contributed by atoms with Gasteiger partial charge in [0.2, 0.25) is 35.4 Å². The quantitative estimate of drug-likeness (QED) is 0.0270. The lowest BCUT2D eigenvalue weighted by Gasteiger charge is -2.26. The molecule has 6 amide bonds. The second kappa shape index (κ2) is 26.2. The number of aliphatic carboxylic acids is 1. The maximum absolute atomic E-state index is 13.9. The maximum atomic E-state index is 13.9. The molecule has 0 aliphatic rings. The number of phenolic OH excluding ortho intramolecular Hbond substituents is 1. The molecule has 0 unspecified atom stereocenters. The molecule has 3 aromatic rings. The molecule has 14 N–H and O–H groups in total. The van der Waals surface area contributed by atoms with Crippen LogP contribution >= 0.6 is 0 Å². The zero-order valence-corrected chi connectivity index (χ0v) is 34.7. The van der Waals surface area contributed by atoms with Crippen molar-refractivity contribution in [1.82, 2.24) is 31.9 Å². The van der Waals surface area contributed by atoms with E-state index >= 15 is 0 Å². The number of hydrogen-bond acceptors (Lipinski definition) is 10. The first-order chi connectivity index (χ1) is 29.6. The van der Waals surface area contributed by atoms with Gasteiger partial charge in [-0.05, 0) is 54.5 Å². The zero-order valence-electron chi connectivity index (χ0n) is 34.7. The summed E-state index contributed by atoms with van der Waals surface area (Å²) in [7, 11) is 0. The van der Waals surface area contributed by atoms with E-state index in [-0.39, 0.29) is 56.8 Å². The van der Waals surface area contributed by atoms with Gasteiger partial charge in [-0.2, -0.15) is 0 Å². The van der Waals surface area contributed by atoms with Gasteiger partial charge >= 0.3 is 5.97 Å². The highest BCUT2D eigenvalue weighted by Crippen LogP contribution is 2.12. The van der Waals surface area contributed by atoms with Crippen LogP contribution in [-0.4, -0.2) is 107 Å². The zero-order chi connectivity index (χ0) is 45.4. The largest absolute Gasteiger partial charge is 0.508 e. The van der Waals surface area contributed by atoms with Crippen LogP contribution in [0.1, 0.15) is 55.7 Å². The summed E-state index contributed by atoms with van der Waals surface area (Å²) in [5, 5.41) is 34.7. The van der Waals surface area contributed by atoms with E-state index in [0.29, 0.717) is 29.5 Å². The van der Waals surface area contributed by atoms with E-state index in [2.05, 4.69) is 36.9 Å². The molecule has 5 atom stereocenters. The number of amides is 6. The van der Waals surface area contributed by atoms with Crippen molar-refractivity contribution >= 4 is 47.4 Å². The number of carboxylic acids is 1. The molecule has 0 aliphatic heterocycles. The van der Waals surface area contributed by atoms with Gasteiger partial charge in [0.1, 0.15) is 29.9 Å². The number of nitrogens with two attached hydrogens (primary N) is 3. The van der Waals surface area contributed by atoms with Crippen molar-refractivity contribution in [3.05, 3.63) is 102 Å². The number of carboxylic acid groups (broad SMARTS) is 1. The summed E-state index contributed by atoms with van der Waals surface area (Å²) in [4.78, 5) is 95.7. The van der Waals surface area contributed by atoms with Crippen LogP contribution in [0.25, 0.3) is 0 Å². The van der Waals surface area contributed by atoms with Crippen LogP contribution in [0.15, 0.2) is 89.9 Å². The molecular formula is C43H58N10O9. The number of nitrogens with zero attached hydrogens (tertiary/aromatic N) is 1. The van der Waals surface area contributed by atoms with Crippen LogP contribution in [0.2, 0.25) is 0 Å². The standard InChI is InChI=1S/C43H58N10O9/c1-2-3-15-32(39(58)51-33(16-10-21-47-43(45)46)40(59)53-35(42(61)62)24-28-13-8-5-9-14-28)52-41(60)34(23-27-11-6-4-7-12-27)50-37(56)26-48-36(55)25-49-38(57)31(44)22-29-17-19-30(54)20-18-29/h4-9,11-14,17-20,31-35,54H,2-3,10,15-16,21-26,44H2,1H3,(H,48,55)(H,49,57)(H,50,56)(H,51,58)(H,52,60)(H,53,59)(H,61,62)(H4,45,46,47)/t31-,32-,33-,34-,35-/m0/s1. The van der Waals surface area contributed by atoms with E-state index in [1.54, 1.807) is 72.8 Å². The highest BCUT2D eigenvalue weighted by Gasteiger charge is 2.31. The van der Waals surface area contributed by atoms with Crippen LogP contribution < -0.4 is 49.1 Å². The average Bonchev–Trinajstić information content (AvgIpc) is 3.25. The smallest absolute Gasteiger partial charge is 0.326 e. The van der Waals surface area contributed by atoms with Gasteiger partial charge in [-0.25, -0.2) is 4.79 Å². The molecule has 0 saturated heterocycles. The van der Waals surface area contributed by atoms with Gasteiger partial charge in [0, 0.05) is 19.4 Å². The number of guanidine groups is 1. The van der Waals surface area contributed by atoms with Crippen molar-refractivity contribution in [2.75, 3.05) is 19.6 Å². The molecule has 0 spiro atoms. The number of aromatic hydroxyl groups is 1. The molecular weight excluding hydrogens is 801 g/mol. The van der Waals surface area contributed by atoms with Crippen molar-refractivity contribution < 1.29 is 43.8 Å². The summed E-state index contributed by atoms with van der Waals surface area (Å²) in [6, 6.07) is 17.7. The minimum Gasteiger partial charge on any atom is -0.508 e. The molecule has 0 saturated carbocycles. The van der Waals surface area contributed by atoms with Gasteiger partial charge in [-0.3, -0.25) is 33.8 Å². The van der Waals surface area contributed by atoms with Crippen molar-refractivity contribution in [3.63, 3.8) is 0 Å². The summed E-state index contributed by atoms with van der Waals surface area (Å²) < 4.78 is 0. The maximum Gasteiger partial charge on any atom is 0.326 e. The van der Waals surface area contributed by atoms with Gasteiger partial charge < -0.3 is 59.3 Å². The molecule has 0 aromatic heterocycles. The Kier molecular flexibility index (Phi) is 20.9. The Morgan fingerprint density at radius 1 is 0.581 bits per heavy atom. The first-order valence-electron chi connectivity index (χ1n) is 20.3. The minimum absolute atomic E-state index is 0.0112. The first-order valence-corrected chi connectivity index (χ1v) is 20.3. The van der Waals surface area contributed by atoms with Gasteiger partial charge in [0.05, 0.1) is 19.1 Å². The normalized spacial score (nSPS) is 13.1. The van der Waals surface area contributed by atoms with Gasteiger partial charge in [-0.1, -0.05) is 92.6 Å². The van der Waals surface area contributed by atoms with Crippen molar-refractivity contribution in [1.29, 1.82) is 0 Å². The predicted molar refractivity (Wildman–Crippen MR) is 231 cm³/mol. The van der Waals surface area contributed by atoms with E-state index in [4.69, 9.17) is 17.2 Å². The van der Waals surface area contributed by atoms with Crippen LogP contribution in [0, 0.1) is 0 Å². The Morgan fingerprint density at radius 3 is 1.60 bits per heavy atom. The number of phenols is 1. The van der Waals surface area contributed by atoms with Crippen molar-refractivity contribution in [2.24, 2.45) is 22.2 Å². The number of carbonyl (C=O) groups is 7. The van der Waals surface area contributed by atoms with E-state index in [0.717, 1.165) is 0 Å². The summed E-state index contributed by atoms with van der Waals surface area (Å²) in [6.45, 7) is 0.982. The number of unbranched alkanes of at least 4 members (excludes halogenated alkanes) is 1. The third-order valence-corrected chi connectivity index (χ3v) is 9.49. The topological polar surface area (TPSA) is 323 Å². The van der Waals surface area contributed by atoms with Crippen molar-refractivity contribution in [2.45, 2.75) is 88.5 Å². The summed E-state index contributed by atoms with van der Waals surface area (Å²) in [5.41, 5.74) is 18.9. The van der Waals surface area contributed by atoms with Crippen molar-refractivity contribution in [3.8, 4) is 5.75 Å². The highest BCUT2D eigenvalue weighted by atomic mass is 16.4. The third-order valence-electron chi connectivity index (χ3n) is 9.49. The number of benzene rings is 3. The first kappa shape index (κ1) is 49.3. The lowest BCUT2D eigenvalue weighted by Crippen LogP contribution is -2.58. The fourth-order valence-electron chi connectivity index (χ4n) is 6.14. The minimum atomic E-state index is -1.32. The number of nitrogens with one attached hydrogen (secondary N) is 6. The molecule has 62 heavy (non-hydrogen) atoms. The van der Waals surface area contributed by atoms with Gasteiger partial charge in [0.25, 0.3) is 0 Å². The summed E-state index contributed by atoms with van der Waals surface area (Å²) >= 11 is 0. The Hall–Kier alpha value is -7.02. The number of carbonyl (C=O) groups excluding carboxylic acids is 6. The molecule has 19 heteroatoms. The fraction of sp³-hybridized carbons (Fsp3) is 0.395. The van der Waals surface area contributed by atoms with Crippen LogP contribution in [0.3, 0.4) is 0 Å². The van der Waals surface area contributed by atoms with Crippen LogP contribution in [0.5, 0.6) is 5.75 Å². The predicted octanol–water partition coefficient (Wildman–Crippen LogP) is -0.753. The fourth-order valence-corrected chi connectivity index (χ4v) is 6.14. The van der Waals surface area contributed by atoms with Gasteiger partial charge in [-0.15, -0.1) is 0 Å². The number of rotatable bonds is 26. The second-order valence-corrected chi connectivity index (χ2v) is 14.6. The van der Waals surface area contributed by atoms with Gasteiger partial charge in [0.15, 0.2) is 5.96 Å². The molecule has 0 fully saturated rings. The van der Waals surface area contributed by atoms with E-state index in [9.17, 15) is 43.8 Å². The lowest BCUT2D eigenvalue weighted by molar-refractivity contribution is -0.142. The summed E-state index contributed by atoms with van der Waals surface area (Å²) in [6.07, 6.45) is 1.72.